The van der Waals surface area contributed by atoms with E-state index in [0.717, 1.165) is 186 Å². The monoisotopic (exact) mass is 2430 g/mol. The van der Waals surface area contributed by atoms with E-state index < -0.39 is 63.1 Å². The summed E-state index contributed by atoms with van der Waals surface area (Å²) in [5.41, 5.74) is -6.92. The molecule has 0 saturated heterocycles. The number of benzene rings is 8. The molecule has 0 aliphatic carbocycles. The molecule has 0 aromatic heterocycles. The van der Waals surface area contributed by atoms with Gasteiger partial charge in [-0.1, -0.05) is 509 Å². The molecule has 0 N–H and O–H groups in total. The SMILES string of the molecule is CCCCCCCCCc1ccccc1S(c1ccccc1CCCCCCCCC)=P([O-])([O-])[S-].CCCCCCCCCc1ccccc1S(c1ccccc1CCCCCCCCC)=P([O-])([O-])[S-].CCCCCCCCCc1ccccc1S(c1ccccc1CCCCCCCCC)=P([O-])([O-])[S-].CCCCCCCCCc1ccccc1S(c1ccccc1CCCCCCCCC)=P([O-])([O-])[S-].[Mo+4].[Mo+4].[Mo+4]. The van der Waals surface area contributed by atoms with Crippen LogP contribution in [-0.4, -0.2) is 0 Å². The minimum absolute atomic E-state index is 0. The minimum atomic E-state index is -4.03. The fraction of sp³-hybridized carbons (Fsp3) is 0.600. The third-order valence-corrected chi connectivity index (χ3v) is 50.5. The van der Waals surface area contributed by atoms with Gasteiger partial charge >= 0.3 is 63.2 Å². The van der Waals surface area contributed by atoms with Crippen LogP contribution in [0.1, 0.15) is 459 Å². The zero-order valence-corrected chi connectivity index (χ0v) is 105. The summed E-state index contributed by atoms with van der Waals surface area (Å²) in [5, 5.41) is 0. The van der Waals surface area contributed by atoms with Crippen molar-refractivity contribution in [3.05, 3.63) is 239 Å². The molecule has 143 heavy (non-hydrogen) atoms. The van der Waals surface area contributed by atoms with Gasteiger partial charge in [0.25, 0.3) is 0 Å². The Labute approximate surface area is 948 Å². The summed E-state index contributed by atoms with van der Waals surface area (Å²) < 4.78 is 0. The Morgan fingerprint density at radius 3 is 0.322 bits per heavy atom. The van der Waals surface area contributed by atoms with Gasteiger partial charge in [-0.2, -0.15) is 40.3 Å². The Morgan fingerprint density at radius 1 is 0.147 bits per heavy atom. The molecule has 0 aliphatic rings. The Bertz CT molecular complexity index is 3960. The smallest absolute Gasteiger partial charge is 0.853 e. The summed E-state index contributed by atoms with van der Waals surface area (Å²) in [6.07, 6.45) is 77.5. The number of hydrogen-bond acceptors (Lipinski definition) is 12. The Morgan fingerprint density at radius 2 is 0.231 bits per heavy atom. The van der Waals surface area contributed by atoms with E-state index in [1.165, 1.54) is 308 Å². The molecule has 0 saturated carbocycles. The molecular weight excluding hydrogens is 2240 g/mol. The van der Waals surface area contributed by atoms with Crippen LogP contribution in [0.15, 0.2) is 233 Å². The van der Waals surface area contributed by atoms with Crippen molar-refractivity contribution in [2.24, 2.45) is 0 Å². The van der Waals surface area contributed by atoms with Gasteiger partial charge in [-0.3, -0.25) is 0 Å². The zero-order valence-electron chi connectivity index (χ0n) is 89.3. The van der Waals surface area contributed by atoms with E-state index in [9.17, 15) is 39.1 Å². The van der Waals surface area contributed by atoms with E-state index in [1.54, 1.807) is 0 Å². The zero-order chi connectivity index (χ0) is 101. The summed E-state index contributed by atoms with van der Waals surface area (Å²) in [4.78, 5) is 112. The van der Waals surface area contributed by atoms with Gasteiger partial charge in [-0.15, -0.1) is 0 Å². The molecule has 0 amide bonds. The maximum absolute atomic E-state index is 13.0. The second-order valence-electron chi connectivity index (χ2n) is 38.8. The van der Waals surface area contributed by atoms with Crippen LogP contribution in [0, 0.1) is 0 Å². The Balaban J connectivity index is 0.000000640. The third kappa shape index (κ3) is 59.7. The maximum atomic E-state index is 13.0. The Hall–Kier alpha value is 0.0249. The van der Waals surface area contributed by atoms with Crippen molar-refractivity contribution in [2.45, 2.75) is 505 Å². The van der Waals surface area contributed by atoms with Gasteiger partial charge in [0.2, 0.25) is 0 Å². The van der Waals surface area contributed by atoms with Gasteiger partial charge < -0.3 is 111 Å². The molecule has 0 radical (unpaired) electrons. The molecule has 8 nitrogen and oxygen atoms in total. The van der Waals surface area contributed by atoms with Crippen LogP contribution in [-0.2, 0) is 204 Å². The molecule has 8 rings (SSSR count). The summed E-state index contributed by atoms with van der Waals surface area (Å²) in [6.45, 7) is 18.0. The molecule has 0 spiro atoms. The number of rotatable bonds is 72. The fourth-order valence-corrected chi connectivity index (χ4v) is 42.5. The normalized spacial score (nSPS) is 11.7. The molecule has 0 aliphatic heterocycles. The molecule has 8 aromatic carbocycles. The average Bonchev–Trinajstić information content (AvgIpc) is 0.796. The number of unbranched alkanes of at least 4 members (excludes halogenated alkanes) is 48. The molecule has 0 heterocycles. The van der Waals surface area contributed by atoms with E-state index in [0.29, 0.717) is 0 Å². The van der Waals surface area contributed by atoms with Crippen LogP contribution in [0.2, 0.25) is 0 Å². The fourth-order valence-electron chi connectivity index (χ4n) is 18.8. The summed E-state index contributed by atoms with van der Waals surface area (Å²) >= 11 is 20.8. The van der Waals surface area contributed by atoms with Gasteiger partial charge in [-0.05, 0) is 196 Å². The van der Waals surface area contributed by atoms with E-state index in [1.807, 2.05) is 146 Å². The van der Waals surface area contributed by atoms with Gasteiger partial charge in [0.05, 0.1) is 0 Å². The predicted octanol–water partition coefficient (Wildman–Crippen LogP) is 33.0. The second-order valence-corrected chi connectivity index (χ2v) is 66.8. The molecule has 0 fully saturated rings. The Kier molecular flexibility index (Phi) is 84.8. The van der Waals surface area contributed by atoms with Gasteiger partial charge in [-0.25, -0.2) is 0 Å². The van der Waals surface area contributed by atoms with Gasteiger partial charge in [0.1, 0.15) is 0 Å². The van der Waals surface area contributed by atoms with Crippen molar-refractivity contribution in [3.63, 3.8) is 0 Å². The third-order valence-electron chi connectivity index (χ3n) is 26.7. The van der Waals surface area contributed by atoms with Crippen molar-refractivity contribution in [3.8, 4) is 0 Å². The standard InChI is InChI=1S/4C30H46O2PS2.3Mo/c4*1-3-5-7-9-11-13-15-21-27-23-17-19-25-29(27)35(33(31,32)34)30-26-20-18-24-28(30)22-16-14-12-10-8-6-4-2;;;/h4*17-20,23-26H,3-16,21-22H2,1-2H3;;;/q4*-3;3*+4. The molecule has 798 valence electrons. The van der Waals surface area contributed by atoms with Crippen LogP contribution in [0.4, 0.5) is 0 Å². The largest absolute Gasteiger partial charge is 4.00 e. The van der Waals surface area contributed by atoms with Crippen molar-refractivity contribution in [1.29, 1.82) is 0 Å². The predicted molar refractivity (Wildman–Crippen MR) is 618 cm³/mol. The maximum Gasteiger partial charge on any atom is 4.00 e. The van der Waals surface area contributed by atoms with Gasteiger partial charge in [0, 0.05) is 39.2 Å². The molecule has 8 aromatic rings. The molecule has 23 heteroatoms. The minimum Gasteiger partial charge on any atom is -0.853 e. The molecule has 0 bridgehead atoms. The van der Waals surface area contributed by atoms with E-state index in [-0.39, 0.29) is 63.2 Å². The van der Waals surface area contributed by atoms with Crippen molar-refractivity contribution < 1.29 is 102 Å². The van der Waals surface area contributed by atoms with Crippen LogP contribution in [0.5, 0.6) is 0 Å². The topological polar surface area (TPSA) is 184 Å². The molecule has 0 atom stereocenters. The van der Waals surface area contributed by atoms with E-state index >= 15 is 0 Å². The van der Waals surface area contributed by atoms with E-state index in [4.69, 9.17) is 49.0 Å². The first kappa shape index (κ1) is 139. The summed E-state index contributed by atoms with van der Waals surface area (Å²) in [6, 6.07) is 64.9. The first-order valence-corrected chi connectivity index (χ1v) is 73.5. The van der Waals surface area contributed by atoms with Crippen molar-refractivity contribution in [2.75, 3.05) is 0 Å². The van der Waals surface area contributed by atoms with Crippen LogP contribution in [0.3, 0.4) is 0 Å². The second kappa shape index (κ2) is 87.2. The van der Waals surface area contributed by atoms with Crippen LogP contribution >= 0.6 is 22.8 Å². The van der Waals surface area contributed by atoms with E-state index in [2.05, 4.69) is 104 Å². The molecule has 0 unspecified atom stereocenters. The first-order valence-electron chi connectivity index (χ1n) is 55.7. The number of hydrogen-bond donors (Lipinski definition) is 0. The summed E-state index contributed by atoms with van der Waals surface area (Å²) in [7, 11) is -4.40. The number of aryl methyl sites for hydroxylation is 8. The molecular formula is C120H184Mo3O8P4S8. The van der Waals surface area contributed by atoms with Crippen LogP contribution < -0.4 is 39.1 Å². The first-order chi connectivity index (χ1) is 67.9. The van der Waals surface area contributed by atoms with Crippen molar-refractivity contribution >= 4 is 112 Å². The van der Waals surface area contributed by atoms with Crippen molar-refractivity contribution in [1.82, 2.24) is 0 Å². The van der Waals surface area contributed by atoms with Crippen LogP contribution in [0.25, 0.3) is 0 Å². The quantitative estimate of drug-likeness (QED) is 0.0152. The summed E-state index contributed by atoms with van der Waals surface area (Å²) in [5.74, 6) is 0. The average molecular weight is 2420 g/mol. The van der Waals surface area contributed by atoms with Gasteiger partial charge in [0.15, 0.2) is 0 Å².